The van der Waals surface area contributed by atoms with E-state index in [-0.39, 0.29) is 0 Å². The summed E-state index contributed by atoms with van der Waals surface area (Å²) < 4.78 is 24.0. The molecule has 0 aromatic heterocycles. The van der Waals surface area contributed by atoms with Gasteiger partial charge in [-0.25, -0.2) is 12.7 Å². The molecule has 0 saturated carbocycles. The first-order valence-corrected chi connectivity index (χ1v) is 6.77. The molecule has 82 valence electrons. The topological polar surface area (TPSA) is 54.5 Å². The Balaban J connectivity index is 2.47. The van der Waals surface area contributed by atoms with Gasteiger partial charge in [0.15, 0.2) is 0 Å². The fraction of sp³-hybridized carbons (Fsp3) is 0.889. The van der Waals surface area contributed by atoms with Crippen LogP contribution < -0.4 is 0 Å². The van der Waals surface area contributed by atoms with Gasteiger partial charge in [0.2, 0.25) is 10.0 Å². The van der Waals surface area contributed by atoms with Gasteiger partial charge >= 0.3 is 0 Å². The summed E-state index contributed by atoms with van der Waals surface area (Å²) in [6.07, 6.45) is 5.46. The molecular formula is C9H17NO3S. The molecule has 1 atom stereocenters. The largest absolute Gasteiger partial charge is 0.303 e. The summed E-state index contributed by atoms with van der Waals surface area (Å²) in [6, 6.07) is 0. The van der Waals surface area contributed by atoms with E-state index in [0.717, 1.165) is 25.5 Å². The van der Waals surface area contributed by atoms with Gasteiger partial charge in [0.05, 0.1) is 6.26 Å². The minimum Gasteiger partial charge on any atom is -0.303 e. The molecule has 1 aliphatic heterocycles. The number of piperidine rings is 1. The predicted octanol–water partition coefficient (Wildman–Crippen LogP) is 0.637. The van der Waals surface area contributed by atoms with Crippen LogP contribution in [0.15, 0.2) is 0 Å². The smallest absolute Gasteiger partial charge is 0.211 e. The second-order valence-electron chi connectivity index (χ2n) is 3.87. The van der Waals surface area contributed by atoms with Crippen molar-refractivity contribution in [3.8, 4) is 0 Å². The van der Waals surface area contributed by atoms with Gasteiger partial charge in [-0.05, 0) is 25.2 Å². The molecule has 5 heteroatoms. The van der Waals surface area contributed by atoms with Gasteiger partial charge in [0.25, 0.3) is 0 Å². The van der Waals surface area contributed by atoms with Gasteiger partial charge < -0.3 is 4.79 Å². The van der Waals surface area contributed by atoms with E-state index in [2.05, 4.69) is 0 Å². The Kier molecular flexibility index (Phi) is 4.07. The molecule has 0 bridgehead atoms. The number of nitrogens with zero attached hydrogens (tertiary/aromatic N) is 1. The normalized spacial score (nSPS) is 24.8. The quantitative estimate of drug-likeness (QED) is 0.652. The monoisotopic (exact) mass is 219 g/mol. The highest BCUT2D eigenvalue weighted by Crippen LogP contribution is 2.21. The molecule has 1 fully saturated rings. The Hall–Kier alpha value is -0.420. The van der Waals surface area contributed by atoms with Crippen molar-refractivity contribution in [1.29, 1.82) is 0 Å². The minimum absolute atomic E-state index is 0.365. The van der Waals surface area contributed by atoms with Gasteiger partial charge in [-0.15, -0.1) is 0 Å². The Morgan fingerprint density at radius 2 is 2.21 bits per heavy atom. The number of sulfonamides is 1. The average molecular weight is 219 g/mol. The molecule has 0 amide bonds. The Labute approximate surface area is 85.3 Å². The lowest BCUT2D eigenvalue weighted by Crippen LogP contribution is -2.39. The van der Waals surface area contributed by atoms with Crippen LogP contribution >= 0.6 is 0 Å². The van der Waals surface area contributed by atoms with E-state index >= 15 is 0 Å². The van der Waals surface area contributed by atoms with Gasteiger partial charge in [-0.1, -0.05) is 0 Å². The first kappa shape index (κ1) is 11.7. The highest BCUT2D eigenvalue weighted by molar-refractivity contribution is 7.88. The molecule has 0 aromatic carbocycles. The van der Waals surface area contributed by atoms with E-state index in [1.807, 2.05) is 0 Å². The first-order chi connectivity index (χ1) is 6.54. The van der Waals surface area contributed by atoms with E-state index in [1.54, 1.807) is 0 Å². The van der Waals surface area contributed by atoms with Crippen LogP contribution in [0.1, 0.15) is 25.7 Å². The van der Waals surface area contributed by atoms with Crippen molar-refractivity contribution in [2.45, 2.75) is 25.7 Å². The molecule has 1 rings (SSSR count). The van der Waals surface area contributed by atoms with Crippen LogP contribution in [0, 0.1) is 5.92 Å². The van der Waals surface area contributed by atoms with Crippen LogP contribution in [0.2, 0.25) is 0 Å². The molecule has 1 heterocycles. The number of carbonyl (C=O) groups is 1. The third-order valence-electron chi connectivity index (χ3n) is 2.64. The van der Waals surface area contributed by atoms with Crippen molar-refractivity contribution in [3.63, 3.8) is 0 Å². The number of rotatable bonds is 4. The van der Waals surface area contributed by atoms with E-state index < -0.39 is 10.0 Å². The Bertz CT molecular complexity index is 286. The zero-order chi connectivity index (χ0) is 10.6. The van der Waals surface area contributed by atoms with Crippen LogP contribution in [0.4, 0.5) is 0 Å². The van der Waals surface area contributed by atoms with Crippen molar-refractivity contribution in [2.75, 3.05) is 19.3 Å². The molecule has 4 nitrogen and oxygen atoms in total. The van der Waals surface area contributed by atoms with Crippen molar-refractivity contribution in [3.05, 3.63) is 0 Å². The molecule has 0 N–H and O–H groups in total. The van der Waals surface area contributed by atoms with Crippen molar-refractivity contribution < 1.29 is 13.2 Å². The van der Waals surface area contributed by atoms with Gasteiger partial charge in [-0.3, -0.25) is 0 Å². The maximum Gasteiger partial charge on any atom is 0.211 e. The van der Waals surface area contributed by atoms with Crippen LogP contribution in [0.5, 0.6) is 0 Å². The van der Waals surface area contributed by atoms with Crippen molar-refractivity contribution in [2.24, 2.45) is 5.92 Å². The Morgan fingerprint density at radius 1 is 1.50 bits per heavy atom. The molecular weight excluding hydrogens is 202 g/mol. The lowest BCUT2D eigenvalue weighted by atomic mass is 9.95. The number of aldehydes is 1. The number of carbonyl (C=O) groups excluding carboxylic acids is 1. The molecule has 0 radical (unpaired) electrons. The molecule has 14 heavy (non-hydrogen) atoms. The summed E-state index contributed by atoms with van der Waals surface area (Å²) in [5.41, 5.74) is 0. The molecule has 0 aliphatic carbocycles. The minimum atomic E-state index is -3.04. The predicted molar refractivity (Wildman–Crippen MR) is 54.4 cm³/mol. The molecule has 0 spiro atoms. The second-order valence-corrected chi connectivity index (χ2v) is 5.86. The maximum atomic E-state index is 11.3. The fourth-order valence-electron chi connectivity index (χ4n) is 1.87. The highest BCUT2D eigenvalue weighted by atomic mass is 32.2. The first-order valence-electron chi connectivity index (χ1n) is 4.93. The van der Waals surface area contributed by atoms with Crippen LogP contribution in [0.3, 0.4) is 0 Å². The Morgan fingerprint density at radius 3 is 2.79 bits per heavy atom. The zero-order valence-corrected chi connectivity index (χ0v) is 9.29. The van der Waals surface area contributed by atoms with E-state index in [1.165, 1.54) is 10.6 Å². The van der Waals surface area contributed by atoms with E-state index in [0.29, 0.717) is 25.4 Å². The summed E-state index contributed by atoms with van der Waals surface area (Å²) in [6.45, 7) is 1.23. The lowest BCUT2D eigenvalue weighted by molar-refractivity contribution is -0.108. The fourth-order valence-corrected chi connectivity index (χ4v) is 2.81. The third-order valence-corrected chi connectivity index (χ3v) is 3.91. The van der Waals surface area contributed by atoms with Crippen molar-refractivity contribution in [1.82, 2.24) is 4.31 Å². The number of hydrogen-bond donors (Lipinski definition) is 0. The zero-order valence-electron chi connectivity index (χ0n) is 8.48. The third kappa shape index (κ3) is 3.38. The second kappa shape index (κ2) is 4.89. The summed E-state index contributed by atoms with van der Waals surface area (Å²) in [4.78, 5) is 10.2. The molecule has 0 aromatic rings. The lowest BCUT2D eigenvalue weighted by Gasteiger charge is -2.30. The van der Waals surface area contributed by atoms with Gasteiger partial charge in [0.1, 0.15) is 6.29 Å². The summed E-state index contributed by atoms with van der Waals surface area (Å²) >= 11 is 0. The maximum absolute atomic E-state index is 11.3. The average Bonchev–Trinajstić information content (AvgIpc) is 2.14. The number of hydrogen-bond acceptors (Lipinski definition) is 3. The van der Waals surface area contributed by atoms with E-state index in [9.17, 15) is 13.2 Å². The van der Waals surface area contributed by atoms with Crippen LogP contribution in [0.25, 0.3) is 0 Å². The summed E-state index contributed by atoms with van der Waals surface area (Å²) in [5, 5.41) is 0. The van der Waals surface area contributed by atoms with E-state index in [4.69, 9.17) is 0 Å². The SMILES string of the molecule is CS(=O)(=O)N1CCCC(CCC=O)C1. The molecule has 1 aliphatic rings. The highest BCUT2D eigenvalue weighted by Gasteiger charge is 2.25. The van der Waals surface area contributed by atoms with Gasteiger partial charge in [-0.2, -0.15) is 0 Å². The molecule has 1 unspecified atom stereocenters. The van der Waals surface area contributed by atoms with Crippen molar-refractivity contribution >= 4 is 16.3 Å². The summed E-state index contributed by atoms with van der Waals surface area (Å²) in [7, 11) is -3.04. The standard InChI is InChI=1S/C9H17NO3S/c1-14(12,13)10-6-2-4-9(8-10)5-3-7-11/h7,9H,2-6,8H2,1H3. The van der Waals surface area contributed by atoms with Crippen LogP contribution in [-0.4, -0.2) is 38.4 Å². The van der Waals surface area contributed by atoms with Gasteiger partial charge in [0, 0.05) is 19.5 Å². The molecule has 1 saturated heterocycles. The van der Waals surface area contributed by atoms with Crippen LogP contribution in [-0.2, 0) is 14.8 Å². The summed E-state index contributed by atoms with van der Waals surface area (Å²) in [5.74, 6) is 0.365.